The summed E-state index contributed by atoms with van der Waals surface area (Å²) >= 11 is 0. The van der Waals surface area contributed by atoms with Crippen molar-refractivity contribution in [2.24, 2.45) is 5.41 Å². The van der Waals surface area contributed by atoms with Gasteiger partial charge in [0, 0.05) is 6.04 Å². The fourth-order valence-corrected chi connectivity index (χ4v) is 2.70. The molecule has 0 aromatic rings. The highest BCUT2D eigenvalue weighted by atomic mass is 16.4. The van der Waals surface area contributed by atoms with Gasteiger partial charge in [-0.05, 0) is 52.6 Å². The molecule has 0 spiro atoms. The Morgan fingerprint density at radius 3 is 2.41 bits per heavy atom. The van der Waals surface area contributed by atoms with Gasteiger partial charge >= 0.3 is 5.97 Å². The minimum Gasteiger partial charge on any atom is -0.481 e. The molecule has 0 aromatic carbocycles. The first-order valence-electron chi connectivity index (χ1n) is 6.95. The van der Waals surface area contributed by atoms with Crippen molar-refractivity contribution in [2.45, 2.75) is 65.3 Å². The number of hydrogen-bond acceptors (Lipinski definition) is 2. The van der Waals surface area contributed by atoms with Gasteiger partial charge in [0.1, 0.15) is 0 Å². The average Bonchev–Trinajstić information content (AvgIpc) is 2.77. The van der Waals surface area contributed by atoms with Gasteiger partial charge < -0.3 is 10.0 Å². The summed E-state index contributed by atoms with van der Waals surface area (Å²) in [5, 5.41) is 9.06. The molecule has 1 aliphatic rings. The first-order chi connectivity index (χ1) is 7.97. The van der Waals surface area contributed by atoms with E-state index < -0.39 is 11.4 Å². The van der Waals surface area contributed by atoms with Crippen LogP contribution in [0.4, 0.5) is 0 Å². The van der Waals surface area contributed by atoms with Crippen LogP contribution in [-0.2, 0) is 4.79 Å². The normalized spacial score (nSPS) is 17.9. The minimum atomic E-state index is -0.679. The van der Waals surface area contributed by atoms with Gasteiger partial charge in [0.15, 0.2) is 0 Å². The highest BCUT2D eigenvalue weighted by Gasteiger charge is 2.27. The summed E-state index contributed by atoms with van der Waals surface area (Å²) in [6, 6.07) is 0.757. The van der Waals surface area contributed by atoms with Crippen LogP contribution in [0.15, 0.2) is 0 Å². The lowest BCUT2D eigenvalue weighted by molar-refractivity contribution is -0.147. The van der Waals surface area contributed by atoms with Crippen LogP contribution in [0.25, 0.3) is 0 Å². The Bertz CT molecular complexity index is 245. The van der Waals surface area contributed by atoms with Crippen LogP contribution >= 0.6 is 0 Å². The molecule has 0 amide bonds. The maximum atomic E-state index is 11.0. The molecule has 17 heavy (non-hydrogen) atoms. The van der Waals surface area contributed by atoms with E-state index in [1.165, 1.54) is 25.7 Å². The SMILES string of the molecule is CCN(CCCC(C)(C)C(=O)O)C1CCCC1. The second-order valence-corrected chi connectivity index (χ2v) is 5.86. The lowest BCUT2D eigenvalue weighted by Gasteiger charge is -2.28. The Balaban J connectivity index is 2.30. The van der Waals surface area contributed by atoms with E-state index in [9.17, 15) is 4.79 Å². The van der Waals surface area contributed by atoms with Crippen LogP contribution < -0.4 is 0 Å². The number of nitrogens with zero attached hydrogens (tertiary/aromatic N) is 1. The quantitative estimate of drug-likeness (QED) is 0.744. The van der Waals surface area contributed by atoms with Gasteiger partial charge in [0.2, 0.25) is 0 Å². The molecular formula is C14H27NO2. The Kier molecular flexibility index (Phi) is 5.44. The fourth-order valence-electron chi connectivity index (χ4n) is 2.70. The van der Waals surface area contributed by atoms with Gasteiger partial charge in [-0.2, -0.15) is 0 Å². The summed E-state index contributed by atoms with van der Waals surface area (Å²) in [5.74, 6) is -0.679. The van der Waals surface area contributed by atoms with Gasteiger partial charge in [-0.1, -0.05) is 19.8 Å². The predicted octanol–water partition coefficient (Wildman–Crippen LogP) is 3.14. The molecule has 0 aromatic heterocycles. The van der Waals surface area contributed by atoms with Crippen LogP contribution in [-0.4, -0.2) is 35.1 Å². The van der Waals surface area contributed by atoms with Crippen LogP contribution in [0, 0.1) is 5.41 Å². The van der Waals surface area contributed by atoms with Crippen LogP contribution in [0.5, 0.6) is 0 Å². The lowest BCUT2D eigenvalue weighted by atomic mass is 9.88. The number of rotatable bonds is 7. The molecule has 1 fully saturated rings. The van der Waals surface area contributed by atoms with E-state index >= 15 is 0 Å². The third-order valence-electron chi connectivity index (χ3n) is 4.07. The van der Waals surface area contributed by atoms with E-state index in [-0.39, 0.29) is 0 Å². The predicted molar refractivity (Wildman–Crippen MR) is 70.2 cm³/mol. The average molecular weight is 241 g/mol. The number of aliphatic carboxylic acids is 1. The molecule has 3 heteroatoms. The van der Waals surface area contributed by atoms with Gasteiger partial charge in [0.05, 0.1) is 5.41 Å². The smallest absolute Gasteiger partial charge is 0.309 e. The number of carboxylic acids is 1. The van der Waals surface area contributed by atoms with Crippen molar-refractivity contribution in [3.05, 3.63) is 0 Å². The summed E-state index contributed by atoms with van der Waals surface area (Å²) in [5.41, 5.74) is -0.574. The van der Waals surface area contributed by atoms with Crippen LogP contribution in [0.3, 0.4) is 0 Å². The van der Waals surface area contributed by atoms with Crippen LogP contribution in [0.1, 0.15) is 59.3 Å². The molecule has 1 saturated carbocycles. The van der Waals surface area contributed by atoms with E-state index in [0.717, 1.165) is 32.0 Å². The van der Waals surface area contributed by atoms with Gasteiger partial charge in [-0.25, -0.2) is 0 Å². The molecule has 0 aliphatic heterocycles. The zero-order chi connectivity index (χ0) is 12.9. The monoisotopic (exact) mass is 241 g/mol. The molecular weight excluding hydrogens is 214 g/mol. The van der Waals surface area contributed by atoms with Crippen molar-refractivity contribution < 1.29 is 9.90 Å². The molecule has 1 N–H and O–H groups in total. The van der Waals surface area contributed by atoms with Gasteiger partial charge in [-0.3, -0.25) is 4.79 Å². The highest BCUT2D eigenvalue weighted by molar-refractivity contribution is 5.73. The lowest BCUT2D eigenvalue weighted by Crippen LogP contribution is -2.35. The van der Waals surface area contributed by atoms with Crippen molar-refractivity contribution in [2.75, 3.05) is 13.1 Å². The van der Waals surface area contributed by atoms with E-state index in [0.29, 0.717) is 0 Å². The summed E-state index contributed by atoms with van der Waals surface area (Å²) in [6.07, 6.45) is 7.14. The first-order valence-corrected chi connectivity index (χ1v) is 6.95. The summed E-state index contributed by atoms with van der Waals surface area (Å²) in [6.45, 7) is 8.00. The standard InChI is InChI=1S/C14H27NO2/c1-4-15(12-8-5-6-9-12)11-7-10-14(2,3)13(16)17/h12H,4-11H2,1-3H3,(H,16,17). The summed E-state index contributed by atoms with van der Waals surface area (Å²) < 4.78 is 0. The highest BCUT2D eigenvalue weighted by Crippen LogP contribution is 2.26. The maximum absolute atomic E-state index is 11.0. The van der Waals surface area contributed by atoms with Crippen molar-refractivity contribution in [1.29, 1.82) is 0 Å². The Morgan fingerprint density at radius 2 is 1.94 bits per heavy atom. The largest absolute Gasteiger partial charge is 0.481 e. The van der Waals surface area contributed by atoms with Gasteiger partial charge in [-0.15, -0.1) is 0 Å². The minimum absolute atomic E-state index is 0.574. The molecule has 1 rings (SSSR count). The third kappa shape index (κ3) is 4.30. The summed E-state index contributed by atoms with van der Waals surface area (Å²) in [7, 11) is 0. The molecule has 100 valence electrons. The topological polar surface area (TPSA) is 40.5 Å². The molecule has 0 heterocycles. The second kappa shape index (κ2) is 6.39. The zero-order valence-corrected chi connectivity index (χ0v) is 11.5. The van der Waals surface area contributed by atoms with E-state index in [1.54, 1.807) is 0 Å². The molecule has 0 saturated heterocycles. The number of carboxylic acid groups (broad SMARTS) is 1. The first kappa shape index (κ1) is 14.5. The second-order valence-electron chi connectivity index (χ2n) is 5.86. The van der Waals surface area contributed by atoms with E-state index in [2.05, 4.69) is 11.8 Å². The van der Waals surface area contributed by atoms with Gasteiger partial charge in [0.25, 0.3) is 0 Å². The third-order valence-corrected chi connectivity index (χ3v) is 4.07. The Hall–Kier alpha value is -0.570. The maximum Gasteiger partial charge on any atom is 0.309 e. The van der Waals surface area contributed by atoms with Crippen LogP contribution in [0.2, 0.25) is 0 Å². The van der Waals surface area contributed by atoms with E-state index in [4.69, 9.17) is 5.11 Å². The molecule has 1 aliphatic carbocycles. The van der Waals surface area contributed by atoms with Crippen molar-refractivity contribution in [3.63, 3.8) is 0 Å². The van der Waals surface area contributed by atoms with Crippen molar-refractivity contribution >= 4 is 5.97 Å². The number of carbonyl (C=O) groups is 1. The molecule has 0 bridgehead atoms. The Morgan fingerprint density at radius 1 is 1.35 bits per heavy atom. The molecule has 0 unspecified atom stereocenters. The number of hydrogen-bond donors (Lipinski definition) is 1. The van der Waals surface area contributed by atoms with Crippen molar-refractivity contribution in [3.8, 4) is 0 Å². The zero-order valence-electron chi connectivity index (χ0n) is 11.5. The molecule has 0 atom stereocenters. The van der Waals surface area contributed by atoms with E-state index in [1.807, 2.05) is 13.8 Å². The fraction of sp³-hybridized carbons (Fsp3) is 0.929. The Labute approximate surface area is 105 Å². The molecule has 3 nitrogen and oxygen atoms in total. The summed E-state index contributed by atoms with van der Waals surface area (Å²) in [4.78, 5) is 13.5. The van der Waals surface area contributed by atoms with Crippen molar-refractivity contribution in [1.82, 2.24) is 4.90 Å². The molecule has 0 radical (unpaired) electrons.